The summed E-state index contributed by atoms with van der Waals surface area (Å²) in [5.41, 5.74) is 0. The molecule has 0 saturated carbocycles. The van der Waals surface area contributed by atoms with Gasteiger partial charge in [-0.2, -0.15) is 0 Å². The zero-order valence-corrected chi connectivity index (χ0v) is 10.0. The standard InChI is InChI=1S/C8H7Cl3N2O3/c9-8(10,11)6(14)12-3-1-2-4-5(3)13-7(15)16-4/h1-5H,(H,12,14)(H,13,15)/t3-,4-,5+/m1/s1. The number of carbonyl (C=O) groups is 2. The molecule has 0 aromatic rings. The number of fused-ring (bicyclic) bond motifs is 1. The van der Waals surface area contributed by atoms with Crippen LogP contribution in [0.3, 0.4) is 0 Å². The van der Waals surface area contributed by atoms with Crippen LogP contribution in [0.25, 0.3) is 0 Å². The summed E-state index contributed by atoms with van der Waals surface area (Å²) < 4.78 is 2.88. The van der Waals surface area contributed by atoms with Crippen LogP contribution in [0.15, 0.2) is 12.2 Å². The zero-order chi connectivity index (χ0) is 11.9. The molecule has 0 radical (unpaired) electrons. The summed E-state index contributed by atoms with van der Waals surface area (Å²) in [5, 5.41) is 5.05. The highest BCUT2D eigenvalue weighted by Crippen LogP contribution is 2.27. The minimum absolute atomic E-state index is 0.344. The van der Waals surface area contributed by atoms with Crippen LogP contribution in [-0.4, -0.2) is 34.0 Å². The summed E-state index contributed by atoms with van der Waals surface area (Å²) in [7, 11) is 0. The monoisotopic (exact) mass is 284 g/mol. The van der Waals surface area contributed by atoms with E-state index in [1.807, 2.05) is 0 Å². The Kier molecular flexibility index (Phi) is 2.94. The van der Waals surface area contributed by atoms with Crippen molar-refractivity contribution >= 4 is 46.8 Å². The van der Waals surface area contributed by atoms with Crippen LogP contribution in [0.1, 0.15) is 0 Å². The summed E-state index contributed by atoms with van der Waals surface area (Å²) in [6.45, 7) is 0. The fourth-order valence-electron chi connectivity index (χ4n) is 1.62. The van der Waals surface area contributed by atoms with Gasteiger partial charge in [-0.25, -0.2) is 4.79 Å². The molecule has 0 aromatic carbocycles. The number of alkyl carbamates (subject to hydrolysis) is 1. The van der Waals surface area contributed by atoms with E-state index in [1.54, 1.807) is 12.2 Å². The van der Waals surface area contributed by atoms with E-state index in [0.29, 0.717) is 0 Å². The van der Waals surface area contributed by atoms with E-state index in [0.717, 1.165) is 0 Å². The van der Waals surface area contributed by atoms with E-state index in [2.05, 4.69) is 10.6 Å². The maximum absolute atomic E-state index is 11.4. The lowest BCUT2D eigenvalue weighted by Crippen LogP contribution is -2.50. The molecule has 0 spiro atoms. The van der Waals surface area contributed by atoms with Gasteiger partial charge >= 0.3 is 6.09 Å². The van der Waals surface area contributed by atoms with Crippen molar-refractivity contribution in [1.29, 1.82) is 0 Å². The maximum atomic E-state index is 11.4. The lowest BCUT2D eigenvalue weighted by atomic mass is 10.1. The van der Waals surface area contributed by atoms with E-state index in [9.17, 15) is 9.59 Å². The second-order valence-electron chi connectivity index (χ2n) is 3.42. The summed E-state index contributed by atoms with van der Waals surface area (Å²) in [4.78, 5) is 22.3. The van der Waals surface area contributed by atoms with Crippen LogP contribution in [0.2, 0.25) is 0 Å². The number of rotatable bonds is 1. The van der Waals surface area contributed by atoms with Crippen LogP contribution < -0.4 is 10.6 Å². The number of hydrogen-bond acceptors (Lipinski definition) is 3. The van der Waals surface area contributed by atoms with E-state index in [4.69, 9.17) is 39.5 Å². The Morgan fingerprint density at radius 1 is 1.44 bits per heavy atom. The molecule has 1 aliphatic heterocycles. The van der Waals surface area contributed by atoms with E-state index < -0.39 is 21.8 Å². The van der Waals surface area contributed by atoms with Gasteiger partial charge < -0.3 is 15.4 Å². The molecular formula is C8H7Cl3N2O3. The highest BCUT2D eigenvalue weighted by molar-refractivity contribution is 6.76. The molecular weight excluding hydrogens is 278 g/mol. The smallest absolute Gasteiger partial charge is 0.408 e. The topological polar surface area (TPSA) is 67.4 Å². The third-order valence-corrected chi connectivity index (χ3v) is 2.85. The number of amides is 2. The minimum atomic E-state index is -2.02. The molecule has 2 rings (SSSR count). The van der Waals surface area contributed by atoms with Crippen molar-refractivity contribution < 1.29 is 14.3 Å². The molecule has 1 aliphatic carbocycles. The van der Waals surface area contributed by atoms with Crippen LogP contribution in [0, 0.1) is 0 Å². The Bertz CT molecular complexity index is 366. The minimum Gasteiger partial charge on any atom is -0.440 e. The molecule has 88 valence electrons. The van der Waals surface area contributed by atoms with Crippen molar-refractivity contribution in [3.05, 3.63) is 12.2 Å². The molecule has 0 aromatic heterocycles. The van der Waals surface area contributed by atoms with Crippen molar-refractivity contribution in [2.75, 3.05) is 0 Å². The average molecular weight is 286 g/mol. The van der Waals surface area contributed by atoms with E-state index in [1.165, 1.54) is 0 Å². The average Bonchev–Trinajstić information content (AvgIpc) is 2.65. The molecule has 1 heterocycles. The molecule has 0 unspecified atom stereocenters. The zero-order valence-electron chi connectivity index (χ0n) is 7.75. The Balaban J connectivity index is 2.00. The summed E-state index contributed by atoms with van der Waals surface area (Å²) in [5.74, 6) is -0.742. The molecule has 2 amide bonds. The summed E-state index contributed by atoms with van der Waals surface area (Å²) in [6.07, 6.45) is 2.45. The first-order chi connectivity index (χ1) is 7.38. The maximum Gasteiger partial charge on any atom is 0.408 e. The molecule has 8 heteroatoms. The Hall–Kier alpha value is -0.650. The van der Waals surface area contributed by atoms with Crippen LogP contribution in [0.5, 0.6) is 0 Å². The van der Waals surface area contributed by atoms with E-state index >= 15 is 0 Å². The van der Waals surface area contributed by atoms with Gasteiger partial charge in [-0.1, -0.05) is 40.9 Å². The number of halogens is 3. The Labute approximate surface area is 106 Å². The Morgan fingerprint density at radius 2 is 2.12 bits per heavy atom. The lowest BCUT2D eigenvalue weighted by Gasteiger charge is -2.20. The van der Waals surface area contributed by atoms with Crippen molar-refractivity contribution in [3.63, 3.8) is 0 Å². The lowest BCUT2D eigenvalue weighted by molar-refractivity contribution is -0.120. The molecule has 16 heavy (non-hydrogen) atoms. The fraction of sp³-hybridized carbons (Fsp3) is 0.500. The van der Waals surface area contributed by atoms with Crippen molar-refractivity contribution in [1.82, 2.24) is 10.6 Å². The largest absolute Gasteiger partial charge is 0.440 e. The van der Waals surface area contributed by atoms with Gasteiger partial charge in [0.05, 0.1) is 12.1 Å². The predicted molar refractivity (Wildman–Crippen MR) is 58.6 cm³/mol. The SMILES string of the molecule is O=C1N[C@H]2[C@H](NC(=O)C(Cl)(Cl)Cl)C=C[C@H]2O1. The van der Waals surface area contributed by atoms with Gasteiger partial charge in [0.15, 0.2) is 0 Å². The highest BCUT2D eigenvalue weighted by Gasteiger charge is 2.43. The first kappa shape index (κ1) is 11.8. The van der Waals surface area contributed by atoms with Crippen molar-refractivity contribution in [2.24, 2.45) is 0 Å². The molecule has 0 bridgehead atoms. The van der Waals surface area contributed by atoms with Crippen LogP contribution >= 0.6 is 34.8 Å². The molecule has 3 atom stereocenters. The summed E-state index contributed by atoms with van der Waals surface area (Å²) >= 11 is 16.2. The highest BCUT2D eigenvalue weighted by atomic mass is 35.6. The predicted octanol–water partition coefficient (Wildman–Crippen LogP) is 0.888. The van der Waals surface area contributed by atoms with Gasteiger partial charge in [0.2, 0.25) is 0 Å². The second-order valence-corrected chi connectivity index (χ2v) is 5.70. The number of ether oxygens (including phenoxy) is 1. The first-order valence-electron chi connectivity index (χ1n) is 4.41. The fourth-order valence-corrected chi connectivity index (χ4v) is 1.79. The first-order valence-corrected chi connectivity index (χ1v) is 5.54. The molecule has 1 saturated heterocycles. The van der Waals surface area contributed by atoms with Gasteiger partial charge in [-0.3, -0.25) is 4.79 Å². The van der Waals surface area contributed by atoms with Crippen molar-refractivity contribution in [2.45, 2.75) is 22.0 Å². The quantitative estimate of drug-likeness (QED) is 0.555. The second kappa shape index (κ2) is 3.98. The van der Waals surface area contributed by atoms with Crippen LogP contribution in [0.4, 0.5) is 4.79 Å². The number of alkyl halides is 3. The van der Waals surface area contributed by atoms with Gasteiger partial charge in [-0.05, 0) is 6.08 Å². The molecule has 1 fully saturated rings. The van der Waals surface area contributed by atoms with Gasteiger partial charge in [-0.15, -0.1) is 0 Å². The normalized spacial score (nSPS) is 31.9. The molecule has 2 aliphatic rings. The molecule has 2 N–H and O–H groups in total. The Morgan fingerprint density at radius 3 is 2.75 bits per heavy atom. The summed E-state index contributed by atoms with van der Waals surface area (Å²) in [6, 6.07) is -0.775. The van der Waals surface area contributed by atoms with E-state index in [-0.39, 0.29) is 12.1 Å². The van der Waals surface area contributed by atoms with Gasteiger partial charge in [0.1, 0.15) is 6.10 Å². The van der Waals surface area contributed by atoms with Gasteiger partial charge in [0, 0.05) is 0 Å². The van der Waals surface area contributed by atoms with Crippen molar-refractivity contribution in [3.8, 4) is 0 Å². The number of nitrogens with one attached hydrogen (secondary N) is 2. The third kappa shape index (κ3) is 2.21. The number of carbonyl (C=O) groups excluding carboxylic acids is 2. The molecule has 5 nitrogen and oxygen atoms in total. The van der Waals surface area contributed by atoms with Crippen LogP contribution in [-0.2, 0) is 9.53 Å². The van der Waals surface area contributed by atoms with Gasteiger partial charge in [0.25, 0.3) is 9.70 Å². The third-order valence-electron chi connectivity index (χ3n) is 2.33. The number of hydrogen-bond donors (Lipinski definition) is 2.